The number of hydrogen-bond acceptors (Lipinski definition) is 2. The topological polar surface area (TPSA) is 57.4 Å². The third-order valence-electron chi connectivity index (χ3n) is 8.76. The van der Waals surface area contributed by atoms with E-state index in [-0.39, 0.29) is 11.1 Å². The third kappa shape index (κ3) is 3.95. The van der Waals surface area contributed by atoms with Crippen LogP contribution in [0.15, 0.2) is 115 Å². The van der Waals surface area contributed by atoms with Crippen molar-refractivity contribution in [2.45, 2.75) is 13.8 Å². The zero-order valence-corrected chi connectivity index (χ0v) is 24.6. The minimum absolute atomic E-state index is 0.227. The average molecular weight is 581 g/mol. The molecule has 0 unspecified atom stereocenters. The molecule has 4 nitrogen and oxygen atoms in total. The molecule has 2 heterocycles. The molecule has 0 amide bonds. The number of nitriles is 2. The lowest BCUT2D eigenvalue weighted by atomic mass is 9.96. The smallest absolute Gasteiger partial charge is 0.132 e. The van der Waals surface area contributed by atoms with Gasteiger partial charge in [-0.05, 0) is 73.5 Å². The van der Waals surface area contributed by atoms with Gasteiger partial charge < -0.3 is 9.13 Å². The number of para-hydroxylation sites is 2. The van der Waals surface area contributed by atoms with Gasteiger partial charge in [-0.15, -0.1) is 0 Å². The number of aromatic nitrogens is 2. The number of rotatable bonds is 3. The molecule has 8 aromatic rings. The Hall–Kier alpha value is -6.17. The molecule has 6 aromatic carbocycles. The van der Waals surface area contributed by atoms with E-state index in [9.17, 15) is 10.5 Å². The summed E-state index contributed by atoms with van der Waals surface area (Å²) in [6.45, 7) is 4.16. The standard InChI is InChI=1S/C40H25FN4/c1-24-11-14-31-29-7-3-5-9-35(29)44(37(31)17-24)39-20-27(23-43)33(28-16-13-26(22-42)19-34(28)41)21-40(39)45-36-10-6-4-8-30(36)32-15-12-25(2)18-38(32)45/h3-21H,1-2H3. The van der Waals surface area contributed by atoms with E-state index in [1.807, 2.05) is 42.5 Å². The second kappa shape index (κ2) is 9.95. The highest BCUT2D eigenvalue weighted by atomic mass is 19.1. The molecule has 0 N–H and O–H groups in total. The van der Waals surface area contributed by atoms with E-state index in [1.54, 1.807) is 12.1 Å². The molecule has 0 saturated heterocycles. The Morgan fingerprint density at radius 1 is 0.511 bits per heavy atom. The van der Waals surface area contributed by atoms with Crippen LogP contribution in [0.1, 0.15) is 22.3 Å². The molecule has 0 radical (unpaired) electrons. The largest absolute Gasteiger partial charge is 0.307 e. The Morgan fingerprint density at radius 3 is 1.58 bits per heavy atom. The average Bonchev–Trinajstić information content (AvgIpc) is 3.55. The lowest BCUT2D eigenvalue weighted by Gasteiger charge is -2.20. The zero-order chi connectivity index (χ0) is 30.8. The predicted octanol–water partition coefficient (Wildman–Crippen LogP) is 10.0. The Bertz CT molecular complexity index is 2610. The molecule has 0 fully saturated rings. The first-order valence-corrected chi connectivity index (χ1v) is 14.8. The molecule has 0 aliphatic carbocycles. The van der Waals surface area contributed by atoms with Gasteiger partial charge in [0.1, 0.15) is 5.82 Å². The number of benzene rings is 6. The maximum Gasteiger partial charge on any atom is 0.132 e. The van der Waals surface area contributed by atoms with Crippen molar-refractivity contribution in [1.82, 2.24) is 9.13 Å². The maximum absolute atomic E-state index is 15.6. The first-order valence-electron chi connectivity index (χ1n) is 14.8. The van der Waals surface area contributed by atoms with Crippen LogP contribution in [0.25, 0.3) is 66.1 Å². The van der Waals surface area contributed by atoms with Gasteiger partial charge in [0.2, 0.25) is 0 Å². The van der Waals surface area contributed by atoms with Gasteiger partial charge in [0.05, 0.1) is 56.7 Å². The summed E-state index contributed by atoms with van der Waals surface area (Å²) in [7, 11) is 0. The molecule has 8 rings (SSSR count). The Morgan fingerprint density at radius 2 is 1.04 bits per heavy atom. The lowest BCUT2D eigenvalue weighted by molar-refractivity contribution is 0.631. The number of halogens is 1. The zero-order valence-electron chi connectivity index (χ0n) is 24.6. The van der Waals surface area contributed by atoms with Crippen molar-refractivity contribution in [3.63, 3.8) is 0 Å². The van der Waals surface area contributed by atoms with Crippen molar-refractivity contribution >= 4 is 43.6 Å². The molecule has 0 aliphatic heterocycles. The van der Waals surface area contributed by atoms with Crippen LogP contribution in [0.3, 0.4) is 0 Å². The van der Waals surface area contributed by atoms with Gasteiger partial charge in [-0.2, -0.15) is 10.5 Å². The van der Waals surface area contributed by atoms with Crippen molar-refractivity contribution < 1.29 is 4.39 Å². The van der Waals surface area contributed by atoms with Gasteiger partial charge in [-0.3, -0.25) is 0 Å². The van der Waals surface area contributed by atoms with Crippen LogP contribution in [0.5, 0.6) is 0 Å². The molecule has 45 heavy (non-hydrogen) atoms. The predicted molar refractivity (Wildman–Crippen MR) is 179 cm³/mol. The second-order valence-electron chi connectivity index (χ2n) is 11.6. The number of fused-ring (bicyclic) bond motifs is 6. The van der Waals surface area contributed by atoms with Crippen LogP contribution in [0.2, 0.25) is 0 Å². The summed E-state index contributed by atoms with van der Waals surface area (Å²) < 4.78 is 20.1. The fraction of sp³-hybridized carbons (Fsp3) is 0.0500. The van der Waals surface area contributed by atoms with Gasteiger partial charge in [0.25, 0.3) is 0 Å². The molecule has 0 bridgehead atoms. The van der Waals surface area contributed by atoms with Crippen LogP contribution in [0.4, 0.5) is 4.39 Å². The van der Waals surface area contributed by atoms with Gasteiger partial charge >= 0.3 is 0 Å². The quantitative estimate of drug-likeness (QED) is 0.209. The summed E-state index contributed by atoms with van der Waals surface area (Å²) in [5, 5.41) is 24.3. The Balaban J connectivity index is 1.59. The van der Waals surface area contributed by atoms with Crippen LogP contribution in [0, 0.1) is 42.3 Å². The third-order valence-corrected chi connectivity index (χ3v) is 8.76. The van der Waals surface area contributed by atoms with Crippen LogP contribution in [-0.2, 0) is 0 Å². The van der Waals surface area contributed by atoms with Crippen LogP contribution < -0.4 is 0 Å². The molecular weight excluding hydrogens is 555 g/mol. The van der Waals surface area contributed by atoms with E-state index in [0.717, 1.165) is 66.1 Å². The molecule has 0 atom stereocenters. The van der Waals surface area contributed by atoms with Gasteiger partial charge in [-0.1, -0.05) is 66.7 Å². The highest BCUT2D eigenvalue weighted by Gasteiger charge is 2.23. The normalized spacial score (nSPS) is 11.4. The number of nitrogens with zero attached hydrogens (tertiary/aromatic N) is 4. The minimum atomic E-state index is -0.546. The number of hydrogen-bond donors (Lipinski definition) is 0. The van der Waals surface area contributed by atoms with Gasteiger partial charge in [-0.25, -0.2) is 4.39 Å². The van der Waals surface area contributed by atoms with E-state index < -0.39 is 5.82 Å². The Kier molecular flexibility index (Phi) is 5.85. The number of aryl methyl sites for hydroxylation is 2. The van der Waals surface area contributed by atoms with Crippen molar-refractivity contribution in [1.29, 1.82) is 10.5 Å². The molecule has 0 saturated carbocycles. The molecule has 0 spiro atoms. The van der Waals surface area contributed by atoms with Gasteiger partial charge in [0.15, 0.2) is 0 Å². The SMILES string of the molecule is Cc1ccc2c3ccccc3n(-c3cc(C#N)c(-c4ccc(C#N)cc4F)cc3-n3c4ccccc4c4ccc(C)cc43)c2c1. The first kappa shape index (κ1) is 26.5. The summed E-state index contributed by atoms with van der Waals surface area (Å²) in [5.41, 5.74) is 9.23. The molecule has 2 aromatic heterocycles. The summed E-state index contributed by atoms with van der Waals surface area (Å²) in [6, 6.07) is 42.1. The van der Waals surface area contributed by atoms with E-state index in [1.165, 1.54) is 6.07 Å². The van der Waals surface area contributed by atoms with E-state index in [0.29, 0.717) is 11.1 Å². The molecular formula is C40H25FN4. The van der Waals surface area contributed by atoms with E-state index in [2.05, 4.69) is 89.7 Å². The van der Waals surface area contributed by atoms with Crippen LogP contribution >= 0.6 is 0 Å². The second-order valence-corrected chi connectivity index (χ2v) is 11.6. The first-order chi connectivity index (χ1) is 22.0. The summed E-state index contributed by atoms with van der Waals surface area (Å²) in [4.78, 5) is 0. The van der Waals surface area contributed by atoms with E-state index >= 15 is 4.39 Å². The van der Waals surface area contributed by atoms with Crippen molar-refractivity contribution in [2.75, 3.05) is 0 Å². The fourth-order valence-corrected chi connectivity index (χ4v) is 6.73. The summed E-state index contributed by atoms with van der Waals surface area (Å²) >= 11 is 0. The lowest BCUT2D eigenvalue weighted by Crippen LogP contribution is -2.06. The summed E-state index contributed by atoms with van der Waals surface area (Å²) in [5.74, 6) is -0.546. The monoisotopic (exact) mass is 580 g/mol. The van der Waals surface area contributed by atoms with Crippen molar-refractivity contribution in [3.05, 3.63) is 143 Å². The highest BCUT2D eigenvalue weighted by molar-refractivity contribution is 6.12. The molecule has 5 heteroatoms. The van der Waals surface area contributed by atoms with E-state index in [4.69, 9.17) is 0 Å². The minimum Gasteiger partial charge on any atom is -0.307 e. The van der Waals surface area contributed by atoms with Crippen molar-refractivity contribution in [2.24, 2.45) is 0 Å². The molecule has 0 aliphatic rings. The fourth-order valence-electron chi connectivity index (χ4n) is 6.73. The van der Waals surface area contributed by atoms with Crippen molar-refractivity contribution in [3.8, 4) is 34.6 Å². The molecule has 212 valence electrons. The van der Waals surface area contributed by atoms with Crippen LogP contribution in [-0.4, -0.2) is 9.13 Å². The summed E-state index contributed by atoms with van der Waals surface area (Å²) in [6.07, 6.45) is 0. The highest BCUT2D eigenvalue weighted by Crippen LogP contribution is 2.41. The Labute approximate surface area is 259 Å². The van der Waals surface area contributed by atoms with Gasteiger partial charge in [0, 0.05) is 32.7 Å². The maximum atomic E-state index is 15.6.